The highest BCUT2D eigenvalue weighted by Gasteiger charge is 2.12. The lowest BCUT2D eigenvalue weighted by Gasteiger charge is -2.15. The Morgan fingerprint density at radius 1 is 1.16 bits per heavy atom. The third kappa shape index (κ3) is 3.20. The van der Waals surface area contributed by atoms with Gasteiger partial charge in [-0.2, -0.15) is 0 Å². The van der Waals surface area contributed by atoms with E-state index < -0.39 is 0 Å². The Kier molecular flexibility index (Phi) is 4.32. The summed E-state index contributed by atoms with van der Waals surface area (Å²) in [6.45, 7) is 9.44. The molecule has 102 valence electrons. The SMILES string of the molecule is CC(C)NCc1cnnn1-c1ccccc1C(C)C. The van der Waals surface area contributed by atoms with Gasteiger partial charge < -0.3 is 5.32 Å². The van der Waals surface area contributed by atoms with E-state index in [9.17, 15) is 0 Å². The van der Waals surface area contributed by atoms with Crippen molar-refractivity contribution in [1.82, 2.24) is 20.3 Å². The van der Waals surface area contributed by atoms with Crippen LogP contribution in [-0.4, -0.2) is 21.0 Å². The minimum absolute atomic E-state index is 0.448. The highest BCUT2D eigenvalue weighted by molar-refractivity contribution is 5.42. The van der Waals surface area contributed by atoms with E-state index in [4.69, 9.17) is 0 Å². The summed E-state index contributed by atoms with van der Waals surface area (Å²) in [5, 5.41) is 11.7. The Balaban J connectivity index is 2.34. The second kappa shape index (κ2) is 5.97. The maximum absolute atomic E-state index is 4.23. The zero-order valence-corrected chi connectivity index (χ0v) is 12.1. The molecule has 0 amide bonds. The second-order valence-electron chi connectivity index (χ2n) is 5.39. The fourth-order valence-electron chi connectivity index (χ4n) is 2.06. The molecule has 4 heteroatoms. The van der Waals surface area contributed by atoms with Crippen molar-refractivity contribution in [3.8, 4) is 5.69 Å². The number of para-hydroxylation sites is 1. The molecular formula is C15H22N4. The van der Waals surface area contributed by atoms with Gasteiger partial charge in [0.2, 0.25) is 0 Å². The number of hydrogen-bond donors (Lipinski definition) is 1. The van der Waals surface area contributed by atoms with Gasteiger partial charge in [-0.1, -0.05) is 51.1 Å². The molecule has 0 radical (unpaired) electrons. The maximum Gasteiger partial charge on any atom is 0.0783 e. The molecule has 0 bridgehead atoms. The van der Waals surface area contributed by atoms with Crippen LogP contribution in [0.25, 0.3) is 5.69 Å². The van der Waals surface area contributed by atoms with Crippen LogP contribution in [-0.2, 0) is 6.54 Å². The summed E-state index contributed by atoms with van der Waals surface area (Å²) in [4.78, 5) is 0. The summed E-state index contributed by atoms with van der Waals surface area (Å²) in [5.41, 5.74) is 3.50. The standard InChI is InChI=1S/C15H22N4/c1-11(2)14-7-5-6-8-15(14)19-13(10-17-18-19)9-16-12(3)4/h5-8,10-12,16H,9H2,1-4H3. The van der Waals surface area contributed by atoms with E-state index in [0.717, 1.165) is 17.9 Å². The first kappa shape index (κ1) is 13.7. The molecule has 19 heavy (non-hydrogen) atoms. The highest BCUT2D eigenvalue weighted by Crippen LogP contribution is 2.22. The van der Waals surface area contributed by atoms with Crippen LogP contribution >= 0.6 is 0 Å². The molecule has 2 aromatic rings. The van der Waals surface area contributed by atoms with Crippen LogP contribution in [0.5, 0.6) is 0 Å². The minimum atomic E-state index is 0.448. The quantitative estimate of drug-likeness (QED) is 0.896. The van der Waals surface area contributed by atoms with Crippen molar-refractivity contribution in [3.63, 3.8) is 0 Å². The fourth-order valence-corrected chi connectivity index (χ4v) is 2.06. The van der Waals surface area contributed by atoms with Crippen molar-refractivity contribution in [3.05, 3.63) is 41.7 Å². The third-order valence-corrected chi connectivity index (χ3v) is 3.10. The Hall–Kier alpha value is -1.68. The van der Waals surface area contributed by atoms with Gasteiger partial charge in [-0.25, -0.2) is 4.68 Å². The van der Waals surface area contributed by atoms with Gasteiger partial charge in [0.1, 0.15) is 0 Å². The molecule has 1 heterocycles. The van der Waals surface area contributed by atoms with Crippen LogP contribution in [0.2, 0.25) is 0 Å². The molecule has 0 saturated heterocycles. The largest absolute Gasteiger partial charge is 0.309 e. The molecule has 0 fully saturated rings. The predicted molar refractivity (Wildman–Crippen MR) is 77.4 cm³/mol. The molecule has 0 aliphatic rings. The van der Waals surface area contributed by atoms with Crippen LogP contribution in [0.15, 0.2) is 30.5 Å². The molecule has 1 aromatic heterocycles. The number of aromatic nitrogens is 3. The highest BCUT2D eigenvalue weighted by atomic mass is 15.4. The summed E-state index contributed by atoms with van der Waals surface area (Å²) < 4.78 is 1.94. The molecule has 1 N–H and O–H groups in total. The number of benzene rings is 1. The first-order valence-electron chi connectivity index (χ1n) is 6.82. The van der Waals surface area contributed by atoms with Gasteiger partial charge in [-0.15, -0.1) is 5.10 Å². The van der Waals surface area contributed by atoms with E-state index in [0.29, 0.717) is 12.0 Å². The Bertz CT molecular complexity index is 528. The lowest BCUT2D eigenvalue weighted by molar-refractivity contribution is 0.569. The molecule has 0 unspecified atom stereocenters. The average molecular weight is 258 g/mol. The predicted octanol–water partition coefficient (Wildman–Crippen LogP) is 2.89. The van der Waals surface area contributed by atoms with E-state index in [1.54, 1.807) is 0 Å². The molecule has 0 aliphatic carbocycles. The Morgan fingerprint density at radius 2 is 1.89 bits per heavy atom. The van der Waals surface area contributed by atoms with Crippen molar-refractivity contribution in [1.29, 1.82) is 0 Å². The normalized spacial score (nSPS) is 11.5. The molecule has 0 atom stereocenters. The Morgan fingerprint density at radius 3 is 2.58 bits per heavy atom. The van der Waals surface area contributed by atoms with E-state index in [1.165, 1.54) is 5.56 Å². The number of nitrogens with one attached hydrogen (secondary N) is 1. The summed E-state index contributed by atoms with van der Waals surface area (Å²) in [7, 11) is 0. The first-order chi connectivity index (χ1) is 9.09. The van der Waals surface area contributed by atoms with Crippen molar-refractivity contribution < 1.29 is 0 Å². The van der Waals surface area contributed by atoms with Gasteiger partial charge >= 0.3 is 0 Å². The maximum atomic E-state index is 4.23. The molecule has 0 saturated carbocycles. The first-order valence-corrected chi connectivity index (χ1v) is 6.82. The molecule has 4 nitrogen and oxygen atoms in total. The number of nitrogens with zero attached hydrogens (tertiary/aromatic N) is 3. The zero-order valence-electron chi connectivity index (χ0n) is 12.1. The molecule has 0 spiro atoms. The second-order valence-corrected chi connectivity index (χ2v) is 5.39. The summed E-state index contributed by atoms with van der Waals surface area (Å²) in [6, 6.07) is 8.82. The van der Waals surface area contributed by atoms with E-state index in [-0.39, 0.29) is 0 Å². The Labute approximate surface area is 114 Å². The summed E-state index contributed by atoms with van der Waals surface area (Å²) in [6.07, 6.45) is 1.83. The van der Waals surface area contributed by atoms with Crippen LogP contribution in [0, 0.1) is 0 Å². The monoisotopic (exact) mass is 258 g/mol. The summed E-state index contributed by atoms with van der Waals surface area (Å²) >= 11 is 0. The third-order valence-electron chi connectivity index (χ3n) is 3.10. The van der Waals surface area contributed by atoms with Crippen molar-refractivity contribution in [2.45, 2.75) is 46.2 Å². The molecular weight excluding hydrogens is 236 g/mol. The van der Waals surface area contributed by atoms with Gasteiger partial charge in [0, 0.05) is 12.6 Å². The zero-order chi connectivity index (χ0) is 13.8. The van der Waals surface area contributed by atoms with E-state index >= 15 is 0 Å². The minimum Gasteiger partial charge on any atom is -0.309 e. The molecule has 0 aliphatic heterocycles. The van der Waals surface area contributed by atoms with Crippen molar-refractivity contribution >= 4 is 0 Å². The van der Waals surface area contributed by atoms with Gasteiger partial charge in [-0.05, 0) is 17.5 Å². The van der Waals surface area contributed by atoms with Crippen LogP contribution < -0.4 is 5.32 Å². The van der Waals surface area contributed by atoms with Crippen molar-refractivity contribution in [2.24, 2.45) is 0 Å². The van der Waals surface area contributed by atoms with Crippen LogP contribution in [0.1, 0.15) is 44.9 Å². The number of rotatable bonds is 5. The smallest absolute Gasteiger partial charge is 0.0783 e. The lowest BCUT2D eigenvalue weighted by Crippen LogP contribution is -2.23. The van der Waals surface area contributed by atoms with E-state index in [2.05, 4.69) is 61.5 Å². The molecule has 2 rings (SSSR count). The van der Waals surface area contributed by atoms with Gasteiger partial charge in [0.15, 0.2) is 0 Å². The topological polar surface area (TPSA) is 42.7 Å². The van der Waals surface area contributed by atoms with Gasteiger partial charge in [0.05, 0.1) is 17.6 Å². The van der Waals surface area contributed by atoms with E-state index in [1.807, 2.05) is 16.9 Å². The number of hydrogen-bond acceptors (Lipinski definition) is 3. The van der Waals surface area contributed by atoms with Crippen LogP contribution in [0.3, 0.4) is 0 Å². The van der Waals surface area contributed by atoms with Gasteiger partial charge in [-0.3, -0.25) is 0 Å². The summed E-state index contributed by atoms with van der Waals surface area (Å²) in [5.74, 6) is 0.464. The van der Waals surface area contributed by atoms with Crippen molar-refractivity contribution in [2.75, 3.05) is 0 Å². The van der Waals surface area contributed by atoms with Gasteiger partial charge in [0.25, 0.3) is 0 Å². The van der Waals surface area contributed by atoms with Crippen LogP contribution in [0.4, 0.5) is 0 Å². The fraction of sp³-hybridized carbons (Fsp3) is 0.467. The molecule has 1 aromatic carbocycles. The lowest BCUT2D eigenvalue weighted by atomic mass is 10.0. The average Bonchev–Trinajstić information content (AvgIpc) is 2.84.